The maximum atomic E-state index is 11.6. The van der Waals surface area contributed by atoms with Gasteiger partial charge in [-0.25, -0.2) is 0 Å². The van der Waals surface area contributed by atoms with Gasteiger partial charge in [0.05, 0.1) is 11.9 Å². The van der Waals surface area contributed by atoms with Gasteiger partial charge < -0.3 is 10.6 Å². The first kappa shape index (κ1) is 14.9. The van der Waals surface area contributed by atoms with Crippen LogP contribution < -0.4 is 10.6 Å². The van der Waals surface area contributed by atoms with Gasteiger partial charge in [0.2, 0.25) is 5.91 Å². The zero-order chi connectivity index (χ0) is 11.3. The fourth-order valence-corrected chi connectivity index (χ4v) is 1.21. The number of anilines is 1. The van der Waals surface area contributed by atoms with Gasteiger partial charge in [-0.15, -0.1) is 12.4 Å². The molecule has 0 aliphatic heterocycles. The Morgan fingerprint density at radius 1 is 1.50 bits per heavy atom. The van der Waals surface area contributed by atoms with E-state index >= 15 is 0 Å². The molecule has 2 N–H and O–H groups in total. The Bertz CT molecular complexity index is 327. The molecule has 4 nitrogen and oxygen atoms in total. The topological polar surface area (TPSA) is 54.0 Å². The lowest BCUT2D eigenvalue weighted by molar-refractivity contribution is -0.119. The highest BCUT2D eigenvalue weighted by atomic mass is 35.5. The predicted molar refractivity (Wildman–Crippen MR) is 67.9 cm³/mol. The fraction of sp³-hybridized carbons (Fsp3) is 0.455. The molecular formula is C11H18ClN3O. The number of nitrogens with one attached hydrogen (secondary N) is 2. The van der Waals surface area contributed by atoms with Crippen LogP contribution in [0.4, 0.5) is 5.69 Å². The van der Waals surface area contributed by atoms with Gasteiger partial charge in [-0.2, -0.15) is 0 Å². The van der Waals surface area contributed by atoms with Gasteiger partial charge in [0, 0.05) is 18.2 Å². The van der Waals surface area contributed by atoms with Crippen LogP contribution in [0.15, 0.2) is 18.3 Å². The third-order valence-corrected chi connectivity index (χ3v) is 2.14. The van der Waals surface area contributed by atoms with Gasteiger partial charge in [0.15, 0.2) is 0 Å². The number of aromatic nitrogens is 1. The Hall–Kier alpha value is -1.13. The number of aryl methyl sites for hydroxylation is 1. The maximum Gasteiger partial charge on any atom is 0.228 e. The smallest absolute Gasteiger partial charge is 0.228 e. The minimum atomic E-state index is -0.0451. The summed E-state index contributed by atoms with van der Waals surface area (Å²) in [5.41, 5.74) is 1.69. The molecular weight excluding hydrogens is 226 g/mol. The summed E-state index contributed by atoms with van der Waals surface area (Å²) in [6, 6.07) is 3.73. The highest BCUT2D eigenvalue weighted by Gasteiger charge is 2.11. The summed E-state index contributed by atoms with van der Waals surface area (Å²) in [4.78, 5) is 15.7. The van der Waals surface area contributed by atoms with Crippen molar-refractivity contribution >= 4 is 24.0 Å². The van der Waals surface area contributed by atoms with E-state index in [4.69, 9.17) is 0 Å². The summed E-state index contributed by atoms with van der Waals surface area (Å²) in [6.07, 6.45) is 1.67. The van der Waals surface area contributed by atoms with E-state index in [1.54, 1.807) is 6.20 Å². The molecule has 5 heteroatoms. The molecule has 90 valence electrons. The highest BCUT2D eigenvalue weighted by molar-refractivity contribution is 5.92. The van der Waals surface area contributed by atoms with E-state index in [1.807, 2.05) is 33.0 Å². The fourth-order valence-electron chi connectivity index (χ4n) is 1.21. The number of carbonyl (C=O) groups excluding carboxylic acids is 1. The van der Waals surface area contributed by atoms with Gasteiger partial charge in [0.1, 0.15) is 0 Å². The lowest BCUT2D eigenvalue weighted by Gasteiger charge is -2.11. The first-order valence-electron chi connectivity index (χ1n) is 5.01. The molecule has 0 bridgehead atoms. The standard InChI is InChI=1S/C11H17N3O.ClH/c1-8(6-12-3)11(15)14-10-5-4-9(2)13-7-10;/h4-5,7-8,12H,6H2,1-3H3,(H,14,15);1H. The van der Waals surface area contributed by atoms with Crippen molar-refractivity contribution in [2.45, 2.75) is 13.8 Å². The molecule has 0 aromatic carbocycles. The van der Waals surface area contributed by atoms with Gasteiger partial charge in [0.25, 0.3) is 0 Å². The normalized spacial score (nSPS) is 11.4. The van der Waals surface area contributed by atoms with Crippen LogP contribution >= 0.6 is 12.4 Å². The molecule has 0 aliphatic rings. The first-order chi connectivity index (χ1) is 7.13. The van der Waals surface area contributed by atoms with Crippen molar-refractivity contribution in [1.82, 2.24) is 10.3 Å². The zero-order valence-corrected chi connectivity index (χ0v) is 10.6. The quantitative estimate of drug-likeness (QED) is 0.845. The average molecular weight is 244 g/mol. The largest absolute Gasteiger partial charge is 0.324 e. The lowest BCUT2D eigenvalue weighted by Crippen LogP contribution is -2.28. The lowest BCUT2D eigenvalue weighted by atomic mass is 10.1. The minimum Gasteiger partial charge on any atom is -0.324 e. The number of hydrogen-bond acceptors (Lipinski definition) is 3. The molecule has 1 amide bonds. The average Bonchev–Trinajstić information content (AvgIpc) is 2.22. The van der Waals surface area contributed by atoms with Crippen molar-refractivity contribution in [3.8, 4) is 0 Å². The van der Waals surface area contributed by atoms with Crippen LogP contribution in [-0.4, -0.2) is 24.5 Å². The number of rotatable bonds is 4. The number of halogens is 1. The molecule has 16 heavy (non-hydrogen) atoms. The Morgan fingerprint density at radius 2 is 2.19 bits per heavy atom. The minimum absolute atomic E-state index is 0. The Morgan fingerprint density at radius 3 is 2.69 bits per heavy atom. The van der Waals surface area contributed by atoms with Crippen LogP contribution in [-0.2, 0) is 4.79 Å². The highest BCUT2D eigenvalue weighted by Crippen LogP contribution is 2.07. The zero-order valence-electron chi connectivity index (χ0n) is 9.78. The molecule has 1 rings (SSSR count). The maximum absolute atomic E-state index is 11.6. The third-order valence-electron chi connectivity index (χ3n) is 2.14. The molecule has 1 atom stereocenters. The van der Waals surface area contributed by atoms with E-state index in [0.29, 0.717) is 6.54 Å². The number of nitrogens with zero attached hydrogens (tertiary/aromatic N) is 1. The van der Waals surface area contributed by atoms with E-state index < -0.39 is 0 Å². The second kappa shape index (κ2) is 7.19. The summed E-state index contributed by atoms with van der Waals surface area (Å²) < 4.78 is 0. The SMILES string of the molecule is CNCC(C)C(=O)Nc1ccc(C)nc1.Cl. The Kier molecular flexibility index (Phi) is 6.69. The van der Waals surface area contributed by atoms with Crippen LogP contribution in [0, 0.1) is 12.8 Å². The van der Waals surface area contributed by atoms with Crippen molar-refractivity contribution < 1.29 is 4.79 Å². The Labute approximate surface area is 102 Å². The van der Waals surface area contributed by atoms with Crippen molar-refractivity contribution in [1.29, 1.82) is 0 Å². The molecule has 0 aliphatic carbocycles. The van der Waals surface area contributed by atoms with E-state index in [-0.39, 0.29) is 24.2 Å². The van der Waals surface area contributed by atoms with Gasteiger partial charge in [-0.05, 0) is 26.1 Å². The number of carbonyl (C=O) groups is 1. The van der Waals surface area contributed by atoms with Crippen LogP contribution in [0.5, 0.6) is 0 Å². The van der Waals surface area contributed by atoms with Crippen molar-refractivity contribution in [3.63, 3.8) is 0 Å². The predicted octanol–water partition coefficient (Wildman–Crippen LogP) is 1.61. The summed E-state index contributed by atoms with van der Waals surface area (Å²) in [5, 5.41) is 5.78. The van der Waals surface area contributed by atoms with Gasteiger partial charge in [-0.1, -0.05) is 6.92 Å². The van der Waals surface area contributed by atoms with E-state index in [1.165, 1.54) is 0 Å². The molecule has 0 saturated heterocycles. The van der Waals surface area contributed by atoms with E-state index in [9.17, 15) is 4.79 Å². The summed E-state index contributed by atoms with van der Waals surface area (Å²) in [6.45, 7) is 4.47. The number of hydrogen-bond donors (Lipinski definition) is 2. The monoisotopic (exact) mass is 243 g/mol. The molecule has 0 fully saturated rings. The molecule has 1 unspecified atom stereocenters. The molecule has 0 spiro atoms. The number of pyridine rings is 1. The summed E-state index contributed by atoms with van der Waals surface area (Å²) in [5.74, 6) is -0.0358. The summed E-state index contributed by atoms with van der Waals surface area (Å²) in [7, 11) is 1.83. The van der Waals surface area contributed by atoms with Gasteiger partial charge in [-0.3, -0.25) is 9.78 Å². The molecule has 1 heterocycles. The van der Waals surface area contributed by atoms with Crippen molar-refractivity contribution in [2.24, 2.45) is 5.92 Å². The second-order valence-corrected chi connectivity index (χ2v) is 3.64. The van der Waals surface area contributed by atoms with Crippen LogP contribution in [0.3, 0.4) is 0 Å². The van der Waals surface area contributed by atoms with Crippen LogP contribution in [0.1, 0.15) is 12.6 Å². The first-order valence-corrected chi connectivity index (χ1v) is 5.01. The second-order valence-electron chi connectivity index (χ2n) is 3.64. The van der Waals surface area contributed by atoms with E-state index in [0.717, 1.165) is 11.4 Å². The van der Waals surface area contributed by atoms with Crippen LogP contribution in [0.2, 0.25) is 0 Å². The van der Waals surface area contributed by atoms with Crippen LogP contribution in [0.25, 0.3) is 0 Å². The Balaban J connectivity index is 0.00000225. The third kappa shape index (κ3) is 4.59. The molecule has 1 aromatic rings. The number of amides is 1. The van der Waals surface area contributed by atoms with Crippen molar-refractivity contribution in [2.75, 3.05) is 18.9 Å². The molecule has 0 saturated carbocycles. The van der Waals surface area contributed by atoms with Gasteiger partial charge >= 0.3 is 0 Å². The van der Waals surface area contributed by atoms with E-state index in [2.05, 4.69) is 15.6 Å². The summed E-state index contributed by atoms with van der Waals surface area (Å²) >= 11 is 0. The molecule has 0 radical (unpaired) electrons. The molecule has 1 aromatic heterocycles. The van der Waals surface area contributed by atoms with Crippen molar-refractivity contribution in [3.05, 3.63) is 24.0 Å².